The van der Waals surface area contributed by atoms with Gasteiger partial charge < -0.3 is 0 Å². The number of rotatable bonds is 4. The van der Waals surface area contributed by atoms with Crippen molar-refractivity contribution in [2.45, 2.75) is 39.5 Å². The van der Waals surface area contributed by atoms with Crippen LogP contribution in [0, 0.1) is 11.3 Å². The molecule has 3 nitrogen and oxygen atoms in total. The van der Waals surface area contributed by atoms with Gasteiger partial charge in [0.25, 0.3) is 0 Å². The molecule has 1 aromatic rings. The molecule has 0 radical (unpaired) electrons. The molecule has 0 aliphatic carbocycles. The van der Waals surface area contributed by atoms with Gasteiger partial charge in [0.05, 0.1) is 0 Å². The van der Waals surface area contributed by atoms with Crippen LogP contribution in [0.1, 0.15) is 38.7 Å². The van der Waals surface area contributed by atoms with E-state index in [-0.39, 0.29) is 23.1 Å². The van der Waals surface area contributed by atoms with E-state index in [0.29, 0.717) is 17.9 Å². The third kappa shape index (κ3) is 3.21. The molecule has 20 heavy (non-hydrogen) atoms. The monoisotopic (exact) mass is 293 g/mol. The fraction of sp³-hybridized carbons (Fsp3) is 0.500. The second kappa shape index (κ2) is 5.96. The molecule has 1 heterocycles. The molecule has 2 amide bonds. The number of amides is 2. The van der Waals surface area contributed by atoms with Crippen molar-refractivity contribution < 1.29 is 9.59 Å². The van der Waals surface area contributed by atoms with Crippen LogP contribution >= 0.6 is 11.6 Å². The number of halogens is 1. The molecule has 1 aromatic carbocycles. The molecule has 108 valence electrons. The Hall–Kier alpha value is -1.35. The van der Waals surface area contributed by atoms with Crippen molar-refractivity contribution in [3.8, 4) is 0 Å². The Morgan fingerprint density at radius 3 is 2.55 bits per heavy atom. The van der Waals surface area contributed by atoms with Crippen LogP contribution in [-0.4, -0.2) is 11.8 Å². The maximum atomic E-state index is 12.1. The predicted molar refractivity (Wildman–Crippen MR) is 79.4 cm³/mol. The highest BCUT2D eigenvalue weighted by atomic mass is 35.5. The Bertz CT molecular complexity index is 512. The van der Waals surface area contributed by atoms with Gasteiger partial charge in [-0.2, -0.15) is 0 Å². The van der Waals surface area contributed by atoms with Crippen molar-refractivity contribution >= 4 is 23.4 Å². The van der Waals surface area contributed by atoms with Crippen molar-refractivity contribution in [1.82, 2.24) is 5.32 Å². The largest absolute Gasteiger partial charge is 0.296 e. The number of carbonyl (C=O) groups is 2. The average Bonchev–Trinajstić information content (AvgIpc) is 2.36. The fourth-order valence-corrected chi connectivity index (χ4v) is 3.22. The Kier molecular flexibility index (Phi) is 4.48. The lowest BCUT2D eigenvalue weighted by atomic mass is 9.66. The number of piperidine rings is 1. The van der Waals surface area contributed by atoms with Crippen LogP contribution in [0.25, 0.3) is 0 Å². The van der Waals surface area contributed by atoms with Crippen LogP contribution in [0.5, 0.6) is 0 Å². The quantitative estimate of drug-likeness (QED) is 0.865. The minimum absolute atomic E-state index is 0.110. The van der Waals surface area contributed by atoms with Gasteiger partial charge in [-0.25, -0.2) is 0 Å². The van der Waals surface area contributed by atoms with E-state index < -0.39 is 0 Å². The van der Waals surface area contributed by atoms with Crippen molar-refractivity contribution in [3.63, 3.8) is 0 Å². The first-order valence-electron chi connectivity index (χ1n) is 7.03. The van der Waals surface area contributed by atoms with Gasteiger partial charge in [0.15, 0.2) is 0 Å². The lowest BCUT2D eigenvalue weighted by Crippen LogP contribution is -2.51. The predicted octanol–water partition coefficient (Wildman–Crippen LogP) is 3.35. The molecule has 1 aliphatic rings. The van der Waals surface area contributed by atoms with Crippen molar-refractivity contribution in [2.24, 2.45) is 11.3 Å². The van der Waals surface area contributed by atoms with Crippen molar-refractivity contribution in [2.75, 3.05) is 0 Å². The summed E-state index contributed by atoms with van der Waals surface area (Å²) in [7, 11) is 0. The Morgan fingerprint density at radius 2 is 1.95 bits per heavy atom. The van der Waals surface area contributed by atoms with Gasteiger partial charge in [-0.15, -0.1) is 0 Å². The van der Waals surface area contributed by atoms with E-state index in [9.17, 15) is 9.59 Å². The first kappa shape index (κ1) is 15.0. The molecule has 4 heteroatoms. The van der Waals surface area contributed by atoms with Crippen LogP contribution in [0.2, 0.25) is 5.02 Å². The second-order valence-corrected chi connectivity index (χ2v) is 6.32. The van der Waals surface area contributed by atoms with E-state index in [2.05, 4.69) is 12.2 Å². The summed E-state index contributed by atoms with van der Waals surface area (Å²) >= 11 is 5.90. The van der Waals surface area contributed by atoms with Crippen molar-refractivity contribution in [3.05, 3.63) is 34.9 Å². The van der Waals surface area contributed by atoms with E-state index in [1.807, 2.05) is 31.2 Å². The standard InChI is InChI=1S/C16H20ClNO2/c1-3-4-13-15(20)18-14(19)10-16(13,2)9-11-5-7-12(17)8-6-11/h5-8,13H,3-4,9-10H2,1-2H3,(H,18,19,20). The Balaban J connectivity index is 2.25. The molecule has 2 rings (SSSR count). The zero-order valence-electron chi connectivity index (χ0n) is 11.9. The Labute approximate surface area is 124 Å². The first-order valence-corrected chi connectivity index (χ1v) is 7.40. The maximum absolute atomic E-state index is 12.1. The van der Waals surface area contributed by atoms with Crippen LogP contribution in [0.4, 0.5) is 0 Å². The third-order valence-corrected chi connectivity index (χ3v) is 4.34. The SMILES string of the molecule is CCCC1C(=O)NC(=O)CC1(C)Cc1ccc(Cl)cc1. The summed E-state index contributed by atoms with van der Waals surface area (Å²) in [4.78, 5) is 23.8. The lowest BCUT2D eigenvalue weighted by Gasteiger charge is -2.40. The molecule has 1 N–H and O–H groups in total. The molecular formula is C16H20ClNO2. The number of imide groups is 1. The van der Waals surface area contributed by atoms with Gasteiger partial charge in [-0.3, -0.25) is 14.9 Å². The van der Waals surface area contributed by atoms with Gasteiger partial charge >= 0.3 is 0 Å². The molecule has 0 aromatic heterocycles. The normalized spacial score (nSPS) is 26.4. The topological polar surface area (TPSA) is 46.2 Å². The van der Waals surface area contributed by atoms with Crippen LogP contribution < -0.4 is 5.32 Å². The molecule has 2 atom stereocenters. The Morgan fingerprint density at radius 1 is 1.30 bits per heavy atom. The molecular weight excluding hydrogens is 274 g/mol. The van der Waals surface area contributed by atoms with Crippen LogP contribution in [-0.2, 0) is 16.0 Å². The molecule has 0 saturated carbocycles. The number of benzene rings is 1. The zero-order valence-corrected chi connectivity index (χ0v) is 12.7. The van der Waals surface area contributed by atoms with E-state index in [0.717, 1.165) is 18.4 Å². The van der Waals surface area contributed by atoms with Gasteiger partial charge in [0.2, 0.25) is 11.8 Å². The second-order valence-electron chi connectivity index (χ2n) is 5.89. The first-order chi connectivity index (χ1) is 9.44. The van der Waals surface area contributed by atoms with Gasteiger partial charge in [-0.1, -0.05) is 44.0 Å². The molecule has 1 saturated heterocycles. The van der Waals surface area contributed by atoms with Gasteiger partial charge in [0.1, 0.15) is 0 Å². The zero-order chi connectivity index (χ0) is 14.8. The van der Waals surface area contributed by atoms with Crippen molar-refractivity contribution in [1.29, 1.82) is 0 Å². The lowest BCUT2D eigenvalue weighted by molar-refractivity contribution is -0.143. The molecule has 0 bridgehead atoms. The number of nitrogens with one attached hydrogen (secondary N) is 1. The minimum atomic E-state index is -0.316. The van der Waals surface area contributed by atoms with E-state index in [1.54, 1.807) is 0 Å². The summed E-state index contributed by atoms with van der Waals surface area (Å²) in [6.45, 7) is 4.10. The highest BCUT2D eigenvalue weighted by Gasteiger charge is 2.44. The summed E-state index contributed by atoms with van der Waals surface area (Å²) in [5, 5.41) is 3.16. The number of hydrogen-bond acceptors (Lipinski definition) is 2. The minimum Gasteiger partial charge on any atom is -0.296 e. The molecule has 0 spiro atoms. The van der Waals surface area contributed by atoms with E-state index in [4.69, 9.17) is 11.6 Å². The van der Waals surface area contributed by atoms with Gasteiger partial charge in [0, 0.05) is 17.4 Å². The van der Waals surface area contributed by atoms with Crippen LogP contribution in [0.15, 0.2) is 24.3 Å². The highest BCUT2D eigenvalue weighted by molar-refractivity contribution is 6.30. The summed E-state index contributed by atoms with van der Waals surface area (Å²) in [6.07, 6.45) is 2.85. The fourth-order valence-electron chi connectivity index (χ4n) is 3.10. The number of hydrogen-bond donors (Lipinski definition) is 1. The number of carbonyl (C=O) groups excluding carboxylic acids is 2. The summed E-state index contributed by atoms with van der Waals surface area (Å²) in [5.74, 6) is -0.403. The third-order valence-electron chi connectivity index (χ3n) is 4.08. The summed E-state index contributed by atoms with van der Waals surface area (Å²) < 4.78 is 0. The van der Waals surface area contributed by atoms with Crippen LogP contribution in [0.3, 0.4) is 0 Å². The maximum Gasteiger partial charge on any atom is 0.230 e. The summed E-state index contributed by atoms with van der Waals surface area (Å²) in [6, 6.07) is 7.63. The van der Waals surface area contributed by atoms with E-state index in [1.165, 1.54) is 0 Å². The smallest absolute Gasteiger partial charge is 0.230 e. The van der Waals surface area contributed by atoms with E-state index >= 15 is 0 Å². The molecule has 2 unspecified atom stereocenters. The molecule has 1 fully saturated rings. The summed E-state index contributed by atoms with van der Waals surface area (Å²) in [5.41, 5.74) is 0.795. The van der Waals surface area contributed by atoms with Gasteiger partial charge in [-0.05, 0) is 36.0 Å². The highest BCUT2D eigenvalue weighted by Crippen LogP contribution is 2.40. The molecule has 1 aliphatic heterocycles. The average molecular weight is 294 g/mol.